The zero-order valence-electron chi connectivity index (χ0n) is 14.5. The van der Waals surface area contributed by atoms with E-state index in [2.05, 4.69) is 27.7 Å². The Bertz CT molecular complexity index is 186. The van der Waals surface area contributed by atoms with Gasteiger partial charge in [0, 0.05) is 26.1 Å². The lowest BCUT2D eigenvalue weighted by molar-refractivity contribution is -0.243. The highest BCUT2D eigenvalue weighted by molar-refractivity contribution is 4.70. The molecule has 0 spiro atoms. The standard InChI is InChI=1S/C18H38O2/c1-5-9-10-11-12-13-14-16-18(15-6-2,19-8-4)20-17-7-3/h5-17H2,1-4H3. The van der Waals surface area contributed by atoms with Gasteiger partial charge < -0.3 is 9.47 Å². The van der Waals surface area contributed by atoms with Gasteiger partial charge in [0.05, 0.1) is 0 Å². The molecule has 1 unspecified atom stereocenters. The quantitative estimate of drug-likeness (QED) is 0.268. The average molecular weight is 286 g/mol. The molecule has 0 saturated carbocycles. The summed E-state index contributed by atoms with van der Waals surface area (Å²) < 4.78 is 12.1. The molecule has 0 saturated heterocycles. The Balaban J connectivity index is 3.99. The molecule has 0 aromatic carbocycles. The van der Waals surface area contributed by atoms with E-state index >= 15 is 0 Å². The van der Waals surface area contributed by atoms with Crippen molar-refractivity contribution >= 4 is 0 Å². The molecule has 0 aromatic heterocycles. The van der Waals surface area contributed by atoms with E-state index in [1.54, 1.807) is 0 Å². The molecule has 0 N–H and O–H groups in total. The highest BCUT2D eigenvalue weighted by Crippen LogP contribution is 2.27. The maximum absolute atomic E-state index is 6.08. The topological polar surface area (TPSA) is 18.5 Å². The minimum atomic E-state index is -0.303. The fourth-order valence-electron chi connectivity index (χ4n) is 2.74. The third kappa shape index (κ3) is 9.77. The van der Waals surface area contributed by atoms with Crippen molar-refractivity contribution < 1.29 is 9.47 Å². The number of hydrogen-bond donors (Lipinski definition) is 0. The molecule has 0 rings (SSSR count). The summed E-state index contributed by atoms with van der Waals surface area (Å²) in [4.78, 5) is 0. The van der Waals surface area contributed by atoms with E-state index in [-0.39, 0.29) is 5.79 Å². The predicted molar refractivity (Wildman–Crippen MR) is 88.1 cm³/mol. The van der Waals surface area contributed by atoms with Crippen molar-refractivity contribution in [2.75, 3.05) is 13.2 Å². The first-order valence-electron chi connectivity index (χ1n) is 9.02. The highest BCUT2D eigenvalue weighted by atomic mass is 16.7. The van der Waals surface area contributed by atoms with Crippen LogP contribution in [-0.4, -0.2) is 19.0 Å². The first kappa shape index (κ1) is 19.9. The van der Waals surface area contributed by atoms with Crippen molar-refractivity contribution in [1.82, 2.24) is 0 Å². The van der Waals surface area contributed by atoms with Crippen LogP contribution in [0.1, 0.15) is 98.3 Å². The minimum absolute atomic E-state index is 0.303. The van der Waals surface area contributed by atoms with Crippen LogP contribution in [0, 0.1) is 0 Å². The lowest BCUT2D eigenvalue weighted by Crippen LogP contribution is -2.36. The van der Waals surface area contributed by atoms with Crippen molar-refractivity contribution in [2.24, 2.45) is 0 Å². The number of hydrogen-bond acceptors (Lipinski definition) is 2. The Morgan fingerprint density at radius 2 is 1.25 bits per heavy atom. The second kappa shape index (κ2) is 13.9. The van der Waals surface area contributed by atoms with Gasteiger partial charge in [0.2, 0.25) is 0 Å². The van der Waals surface area contributed by atoms with Crippen LogP contribution >= 0.6 is 0 Å². The number of ether oxygens (including phenoxy) is 2. The molecule has 0 aliphatic carbocycles. The molecule has 2 nitrogen and oxygen atoms in total. The van der Waals surface area contributed by atoms with Gasteiger partial charge in [0.1, 0.15) is 0 Å². The van der Waals surface area contributed by atoms with Crippen LogP contribution in [-0.2, 0) is 9.47 Å². The van der Waals surface area contributed by atoms with Crippen molar-refractivity contribution in [3.8, 4) is 0 Å². The smallest absolute Gasteiger partial charge is 0.168 e. The lowest BCUT2D eigenvalue weighted by Gasteiger charge is -2.33. The average Bonchev–Trinajstić information content (AvgIpc) is 2.45. The van der Waals surface area contributed by atoms with E-state index in [4.69, 9.17) is 9.47 Å². The summed E-state index contributed by atoms with van der Waals surface area (Å²) >= 11 is 0. The van der Waals surface area contributed by atoms with Crippen molar-refractivity contribution in [3.63, 3.8) is 0 Å². The Labute approximate surface area is 127 Å². The third-order valence-corrected chi connectivity index (χ3v) is 3.77. The Morgan fingerprint density at radius 1 is 0.600 bits per heavy atom. The monoisotopic (exact) mass is 286 g/mol. The van der Waals surface area contributed by atoms with Crippen LogP contribution in [0.4, 0.5) is 0 Å². The molecule has 0 amide bonds. The van der Waals surface area contributed by atoms with E-state index in [1.165, 1.54) is 44.9 Å². The second-order valence-corrected chi connectivity index (χ2v) is 5.81. The Morgan fingerprint density at radius 3 is 1.80 bits per heavy atom. The largest absolute Gasteiger partial charge is 0.350 e. The van der Waals surface area contributed by atoms with Crippen LogP contribution in [0.25, 0.3) is 0 Å². The summed E-state index contributed by atoms with van der Waals surface area (Å²) in [6.45, 7) is 10.3. The van der Waals surface area contributed by atoms with Crippen molar-refractivity contribution in [2.45, 2.75) is 104 Å². The van der Waals surface area contributed by atoms with E-state index in [0.717, 1.165) is 38.9 Å². The van der Waals surface area contributed by atoms with Gasteiger partial charge in [-0.15, -0.1) is 0 Å². The van der Waals surface area contributed by atoms with E-state index in [1.807, 2.05) is 0 Å². The zero-order valence-corrected chi connectivity index (χ0v) is 14.5. The van der Waals surface area contributed by atoms with Gasteiger partial charge in [-0.3, -0.25) is 0 Å². The van der Waals surface area contributed by atoms with Crippen LogP contribution in [0.3, 0.4) is 0 Å². The molecular weight excluding hydrogens is 248 g/mol. The lowest BCUT2D eigenvalue weighted by atomic mass is 10.0. The molecule has 0 fully saturated rings. The molecule has 122 valence electrons. The summed E-state index contributed by atoms with van der Waals surface area (Å²) in [6, 6.07) is 0. The zero-order chi connectivity index (χ0) is 15.1. The summed E-state index contributed by atoms with van der Waals surface area (Å²) in [5.74, 6) is -0.303. The third-order valence-electron chi connectivity index (χ3n) is 3.77. The summed E-state index contributed by atoms with van der Waals surface area (Å²) in [7, 11) is 0. The fourth-order valence-corrected chi connectivity index (χ4v) is 2.74. The summed E-state index contributed by atoms with van der Waals surface area (Å²) in [6.07, 6.45) is 13.7. The maximum Gasteiger partial charge on any atom is 0.168 e. The second-order valence-electron chi connectivity index (χ2n) is 5.81. The van der Waals surface area contributed by atoms with E-state index < -0.39 is 0 Å². The molecule has 1 atom stereocenters. The normalized spacial score (nSPS) is 14.4. The maximum atomic E-state index is 6.08. The molecule has 0 heterocycles. The molecule has 0 aromatic rings. The van der Waals surface area contributed by atoms with Crippen LogP contribution in [0.15, 0.2) is 0 Å². The molecule has 0 aliphatic rings. The Kier molecular flexibility index (Phi) is 13.8. The molecule has 0 radical (unpaired) electrons. The van der Waals surface area contributed by atoms with Gasteiger partial charge >= 0.3 is 0 Å². The van der Waals surface area contributed by atoms with Crippen molar-refractivity contribution in [3.05, 3.63) is 0 Å². The number of rotatable bonds is 15. The van der Waals surface area contributed by atoms with Crippen molar-refractivity contribution in [1.29, 1.82) is 0 Å². The number of unbranched alkanes of at least 4 members (excludes halogenated alkanes) is 6. The summed E-state index contributed by atoms with van der Waals surface area (Å²) in [5.41, 5.74) is 0. The molecule has 0 bridgehead atoms. The molecule has 2 heteroatoms. The van der Waals surface area contributed by atoms with Gasteiger partial charge in [-0.1, -0.05) is 65.7 Å². The first-order valence-corrected chi connectivity index (χ1v) is 9.02. The minimum Gasteiger partial charge on any atom is -0.350 e. The van der Waals surface area contributed by atoms with E-state index in [0.29, 0.717) is 0 Å². The highest BCUT2D eigenvalue weighted by Gasteiger charge is 2.29. The first-order chi connectivity index (χ1) is 9.74. The van der Waals surface area contributed by atoms with Crippen LogP contribution in [0.2, 0.25) is 0 Å². The SMILES string of the molecule is CCCCCCCCCC(CCC)(OCC)OCCC. The van der Waals surface area contributed by atoms with E-state index in [9.17, 15) is 0 Å². The van der Waals surface area contributed by atoms with Gasteiger partial charge in [0.15, 0.2) is 5.79 Å². The van der Waals surface area contributed by atoms with Crippen LogP contribution in [0.5, 0.6) is 0 Å². The molecular formula is C18H38O2. The predicted octanol–water partition coefficient (Wildman–Crippen LogP) is 6.09. The Hall–Kier alpha value is -0.0800. The van der Waals surface area contributed by atoms with Gasteiger partial charge in [0.25, 0.3) is 0 Å². The molecule has 0 aliphatic heterocycles. The fraction of sp³-hybridized carbons (Fsp3) is 1.00. The van der Waals surface area contributed by atoms with Gasteiger partial charge in [-0.2, -0.15) is 0 Å². The van der Waals surface area contributed by atoms with Gasteiger partial charge in [-0.05, 0) is 19.8 Å². The van der Waals surface area contributed by atoms with Gasteiger partial charge in [-0.25, -0.2) is 0 Å². The van der Waals surface area contributed by atoms with Crippen LogP contribution < -0.4 is 0 Å². The summed E-state index contributed by atoms with van der Waals surface area (Å²) in [5, 5.41) is 0. The molecule has 20 heavy (non-hydrogen) atoms.